The lowest BCUT2D eigenvalue weighted by molar-refractivity contribution is -0.137. The number of rotatable bonds is 5. The fourth-order valence-corrected chi connectivity index (χ4v) is 2.99. The van der Waals surface area contributed by atoms with Crippen LogP contribution in [0.4, 0.5) is 0 Å². The Balaban J connectivity index is 2.23. The van der Waals surface area contributed by atoms with Crippen LogP contribution in [0.2, 0.25) is 0 Å². The lowest BCUT2D eigenvalue weighted by Gasteiger charge is -2.28. The highest BCUT2D eigenvalue weighted by Crippen LogP contribution is 2.29. The first-order valence-electron chi connectivity index (χ1n) is 6.93. The van der Waals surface area contributed by atoms with Crippen LogP contribution >= 0.6 is 11.8 Å². The van der Waals surface area contributed by atoms with E-state index >= 15 is 0 Å². The molecule has 0 fully saturated rings. The average Bonchev–Trinajstić information content (AvgIpc) is 2.45. The third-order valence-corrected chi connectivity index (χ3v) is 4.22. The van der Waals surface area contributed by atoms with Gasteiger partial charge in [0.05, 0.1) is 17.9 Å². The minimum atomic E-state index is -0.893. The van der Waals surface area contributed by atoms with Gasteiger partial charge in [-0.05, 0) is 22.5 Å². The van der Waals surface area contributed by atoms with Gasteiger partial charge >= 0.3 is 5.97 Å². The number of carboxylic acids is 1. The minimum absolute atomic E-state index is 0.0355. The maximum atomic E-state index is 12.0. The van der Waals surface area contributed by atoms with Gasteiger partial charge in [0, 0.05) is 6.54 Å². The predicted molar refractivity (Wildman–Crippen MR) is 84.9 cm³/mol. The lowest BCUT2D eigenvalue weighted by Crippen LogP contribution is -2.34. The second kappa shape index (κ2) is 6.80. The number of amides is 1. The Bertz CT molecular complexity index is 563. The molecule has 0 spiro atoms. The topological polar surface area (TPSA) is 57.6 Å². The molecule has 5 heteroatoms. The fraction of sp³-hybridized carbons (Fsp3) is 0.375. The Labute approximate surface area is 128 Å². The lowest BCUT2D eigenvalue weighted by atomic mass is 10.0. The van der Waals surface area contributed by atoms with E-state index in [9.17, 15) is 9.59 Å². The molecule has 2 rings (SSSR count). The van der Waals surface area contributed by atoms with E-state index in [4.69, 9.17) is 5.11 Å². The number of hydrogen-bond donors (Lipinski definition) is 1. The van der Waals surface area contributed by atoms with E-state index in [-0.39, 0.29) is 18.9 Å². The summed E-state index contributed by atoms with van der Waals surface area (Å²) in [4.78, 5) is 24.4. The molecule has 0 saturated heterocycles. The van der Waals surface area contributed by atoms with Crippen molar-refractivity contribution in [1.82, 2.24) is 4.90 Å². The van der Waals surface area contributed by atoms with Crippen molar-refractivity contribution in [3.05, 3.63) is 40.8 Å². The highest BCUT2D eigenvalue weighted by molar-refractivity contribution is 8.03. The van der Waals surface area contributed by atoms with Crippen molar-refractivity contribution in [2.45, 2.75) is 26.2 Å². The number of benzene rings is 1. The van der Waals surface area contributed by atoms with Crippen LogP contribution in [0.3, 0.4) is 0 Å². The first-order chi connectivity index (χ1) is 9.99. The summed E-state index contributed by atoms with van der Waals surface area (Å²) in [5, 5.41) is 10.8. The Morgan fingerprint density at radius 3 is 2.57 bits per heavy atom. The van der Waals surface area contributed by atoms with Crippen LogP contribution < -0.4 is 0 Å². The molecule has 1 N–H and O–H groups in total. The van der Waals surface area contributed by atoms with Crippen molar-refractivity contribution in [2.24, 2.45) is 0 Å². The minimum Gasteiger partial charge on any atom is -0.481 e. The molecule has 0 radical (unpaired) electrons. The molecule has 1 aliphatic rings. The molecule has 0 atom stereocenters. The highest BCUT2D eigenvalue weighted by atomic mass is 32.2. The zero-order chi connectivity index (χ0) is 15.4. The number of carboxylic acid groups (broad SMARTS) is 1. The van der Waals surface area contributed by atoms with Gasteiger partial charge in [-0.2, -0.15) is 0 Å². The van der Waals surface area contributed by atoms with E-state index in [2.05, 4.69) is 26.0 Å². The van der Waals surface area contributed by atoms with Crippen LogP contribution in [0.25, 0.3) is 5.70 Å². The summed E-state index contributed by atoms with van der Waals surface area (Å²) in [6.45, 7) is 4.48. The molecular formula is C16H19NO3S. The SMILES string of the molecule is CC(C)c1ccc(C2=CSCC(=O)N2CCC(=O)O)cc1. The molecule has 0 saturated carbocycles. The van der Waals surface area contributed by atoms with Crippen molar-refractivity contribution in [2.75, 3.05) is 12.3 Å². The fourth-order valence-electron chi connectivity index (χ4n) is 2.18. The summed E-state index contributed by atoms with van der Waals surface area (Å²) < 4.78 is 0. The first kappa shape index (κ1) is 15.6. The number of hydrogen-bond acceptors (Lipinski definition) is 3. The monoisotopic (exact) mass is 305 g/mol. The van der Waals surface area contributed by atoms with E-state index in [0.717, 1.165) is 11.3 Å². The smallest absolute Gasteiger partial charge is 0.305 e. The summed E-state index contributed by atoms with van der Waals surface area (Å²) in [5.74, 6) is -0.103. The summed E-state index contributed by atoms with van der Waals surface area (Å²) >= 11 is 1.45. The van der Waals surface area contributed by atoms with Crippen molar-refractivity contribution in [3.8, 4) is 0 Å². The molecule has 1 aliphatic heterocycles. The highest BCUT2D eigenvalue weighted by Gasteiger charge is 2.23. The first-order valence-corrected chi connectivity index (χ1v) is 7.98. The van der Waals surface area contributed by atoms with Crippen LogP contribution in [0, 0.1) is 0 Å². The Hall–Kier alpha value is -1.75. The maximum Gasteiger partial charge on any atom is 0.305 e. The van der Waals surface area contributed by atoms with E-state index in [1.54, 1.807) is 4.90 Å². The number of carbonyl (C=O) groups excluding carboxylic acids is 1. The summed E-state index contributed by atoms with van der Waals surface area (Å²) in [5.41, 5.74) is 2.99. The Morgan fingerprint density at radius 2 is 2.00 bits per heavy atom. The van der Waals surface area contributed by atoms with Crippen LogP contribution in [0.15, 0.2) is 29.7 Å². The van der Waals surface area contributed by atoms with Gasteiger partial charge in [-0.1, -0.05) is 38.1 Å². The van der Waals surface area contributed by atoms with Crippen LogP contribution in [-0.4, -0.2) is 34.2 Å². The van der Waals surface area contributed by atoms with E-state index in [1.807, 2.05) is 17.5 Å². The van der Waals surface area contributed by atoms with Crippen molar-refractivity contribution >= 4 is 29.3 Å². The molecule has 0 unspecified atom stereocenters. The Kier molecular flexibility index (Phi) is 5.07. The normalized spacial score (nSPS) is 15.3. The number of thioether (sulfide) groups is 1. The Morgan fingerprint density at radius 1 is 1.33 bits per heavy atom. The van der Waals surface area contributed by atoms with E-state index in [1.165, 1.54) is 17.3 Å². The third kappa shape index (κ3) is 3.88. The number of aliphatic carboxylic acids is 1. The zero-order valence-electron chi connectivity index (χ0n) is 12.2. The van der Waals surface area contributed by atoms with Gasteiger partial charge in [0.1, 0.15) is 0 Å². The predicted octanol–water partition coefficient (Wildman–Crippen LogP) is 3.16. The van der Waals surface area contributed by atoms with E-state index in [0.29, 0.717) is 11.7 Å². The maximum absolute atomic E-state index is 12.0. The van der Waals surface area contributed by atoms with Crippen molar-refractivity contribution in [3.63, 3.8) is 0 Å². The molecule has 1 amide bonds. The van der Waals surface area contributed by atoms with Gasteiger partial charge in [0.2, 0.25) is 5.91 Å². The van der Waals surface area contributed by atoms with Crippen LogP contribution in [-0.2, 0) is 9.59 Å². The molecule has 4 nitrogen and oxygen atoms in total. The van der Waals surface area contributed by atoms with E-state index < -0.39 is 5.97 Å². The van der Waals surface area contributed by atoms with Crippen LogP contribution in [0.1, 0.15) is 37.3 Å². The summed E-state index contributed by atoms with van der Waals surface area (Å²) in [6.07, 6.45) is -0.0438. The molecule has 0 bridgehead atoms. The van der Waals surface area contributed by atoms with Gasteiger partial charge in [-0.15, -0.1) is 11.8 Å². The van der Waals surface area contributed by atoms with Crippen molar-refractivity contribution < 1.29 is 14.7 Å². The molecule has 0 aromatic heterocycles. The summed E-state index contributed by atoms with van der Waals surface area (Å²) in [6, 6.07) is 8.10. The van der Waals surface area contributed by atoms with Crippen LogP contribution in [0.5, 0.6) is 0 Å². The molecule has 1 heterocycles. The molecular weight excluding hydrogens is 286 g/mol. The summed E-state index contributed by atoms with van der Waals surface area (Å²) in [7, 11) is 0. The molecule has 21 heavy (non-hydrogen) atoms. The van der Waals surface area contributed by atoms with Gasteiger partial charge in [-0.25, -0.2) is 0 Å². The average molecular weight is 305 g/mol. The van der Waals surface area contributed by atoms with Crippen molar-refractivity contribution in [1.29, 1.82) is 0 Å². The van der Waals surface area contributed by atoms with Gasteiger partial charge in [0.15, 0.2) is 0 Å². The number of carbonyl (C=O) groups is 2. The molecule has 112 valence electrons. The third-order valence-electron chi connectivity index (χ3n) is 3.42. The second-order valence-corrected chi connectivity index (χ2v) is 6.14. The van der Waals surface area contributed by atoms with Gasteiger partial charge in [-0.3, -0.25) is 9.59 Å². The largest absolute Gasteiger partial charge is 0.481 e. The second-order valence-electron chi connectivity index (χ2n) is 5.28. The molecule has 1 aromatic carbocycles. The standard InChI is InChI=1S/C16H19NO3S/c1-11(2)12-3-5-13(6-4-12)14-9-21-10-15(18)17(14)8-7-16(19)20/h3-6,9,11H,7-8,10H2,1-2H3,(H,19,20). The molecule has 1 aromatic rings. The zero-order valence-corrected chi connectivity index (χ0v) is 13.0. The van der Waals surface area contributed by atoms with Gasteiger partial charge < -0.3 is 10.0 Å². The number of nitrogens with zero attached hydrogens (tertiary/aromatic N) is 1. The quantitative estimate of drug-likeness (QED) is 0.908. The van der Waals surface area contributed by atoms with Gasteiger partial charge in [0.25, 0.3) is 0 Å². The molecule has 0 aliphatic carbocycles.